The van der Waals surface area contributed by atoms with Crippen LogP contribution in [0.5, 0.6) is 0 Å². The number of β-lactam (4-membered cyclic amide) rings is 1. The van der Waals surface area contributed by atoms with E-state index in [4.69, 9.17) is 14.3 Å². The van der Waals surface area contributed by atoms with Gasteiger partial charge in [-0.3, -0.25) is 19.3 Å². The summed E-state index contributed by atoms with van der Waals surface area (Å²) in [6, 6.07) is 17.7. The SMILES string of the molecule is CC(C)(C)OC(=O)NCC(ON=C(C(=O)NC1C(=O)N2C(C(=O)OC(c3ccccc3)c3ccccc3)=C(CSc3nncs3)CS[C@@H]12)c1csc(NC=O)n1)C1CC1. The van der Waals surface area contributed by atoms with Crippen molar-refractivity contribution in [2.75, 3.05) is 23.4 Å². The zero-order valence-corrected chi connectivity index (χ0v) is 35.3. The molecule has 4 heterocycles. The van der Waals surface area contributed by atoms with Crippen molar-refractivity contribution in [3.8, 4) is 0 Å². The highest BCUT2D eigenvalue weighted by atomic mass is 32.2. The average Bonchev–Trinajstić information content (AvgIpc) is 3.73. The van der Waals surface area contributed by atoms with Gasteiger partial charge in [0.05, 0.1) is 6.54 Å². The van der Waals surface area contributed by atoms with Gasteiger partial charge in [-0.25, -0.2) is 14.6 Å². The van der Waals surface area contributed by atoms with E-state index >= 15 is 0 Å². The Kier molecular flexibility index (Phi) is 13.3. The highest BCUT2D eigenvalue weighted by Gasteiger charge is 2.55. The Morgan fingerprint density at radius 1 is 1.05 bits per heavy atom. The minimum Gasteiger partial charge on any atom is -0.448 e. The van der Waals surface area contributed by atoms with Crippen molar-refractivity contribution in [2.45, 2.75) is 67.2 Å². The number of esters is 1. The third-order valence-corrected chi connectivity index (χ3v) is 13.1. The Bertz CT molecular complexity index is 2170. The average molecular weight is 877 g/mol. The quantitative estimate of drug-likeness (QED) is 0.0306. The first-order valence-electron chi connectivity index (χ1n) is 18.5. The molecule has 3 atom stereocenters. The third kappa shape index (κ3) is 10.5. The minimum absolute atomic E-state index is 0.0715. The van der Waals surface area contributed by atoms with E-state index < -0.39 is 53.1 Å². The van der Waals surface area contributed by atoms with Crippen molar-refractivity contribution in [3.63, 3.8) is 0 Å². The van der Waals surface area contributed by atoms with E-state index in [9.17, 15) is 24.0 Å². The standard InChI is InChI=1S/C39H40N8O8S4/c1-39(2,3)54-37(52)40-16-27(22-14-15-22)55-46-28(26-19-57-36(43-26)41-20-48)32(49)44-29-33(50)47-30(25(17-56-34(29)47)18-58-38-45-42-21-59-38)35(51)53-31(23-10-6-4-7-11-23)24-12-8-5-9-13-24/h4-13,19-22,27,29,31,34H,14-18H2,1-3H3,(H,40,52)(H,44,49)(H,41,43,48)/t27?,29?,34-/m0/s1. The fourth-order valence-corrected chi connectivity index (χ4v) is 9.82. The Hall–Kier alpha value is -5.31. The molecule has 2 unspecified atom stereocenters. The predicted octanol–water partition coefficient (Wildman–Crippen LogP) is 5.37. The number of thiazole rings is 1. The van der Waals surface area contributed by atoms with Crippen molar-refractivity contribution in [1.29, 1.82) is 0 Å². The molecule has 0 spiro atoms. The summed E-state index contributed by atoms with van der Waals surface area (Å²) in [4.78, 5) is 77.8. The molecule has 20 heteroatoms. The number of amides is 4. The lowest BCUT2D eigenvalue weighted by molar-refractivity contribution is -0.154. The number of oxime groups is 1. The molecule has 4 amide bonds. The normalized spacial score (nSPS) is 18.3. The number of alkyl carbamates (subject to hydrolysis) is 1. The number of carbonyl (C=O) groups excluding carboxylic acids is 5. The lowest BCUT2D eigenvalue weighted by Crippen LogP contribution is -2.71. The van der Waals surface area contributed by atoms with Crippen LogP contribution in [0.25, 0.3) is 0 Å². The maximum absolute atomic E-state index is 14.4. The number of nitrogens with one attached hydrogen (secondary N) is 3. The van der Waals surface area contributed by atoms with Gasteiger partial charge in [-0.05, 0) is 50.3 Å². The van der Waals surface area contributed by atoms with Crippen LogP contribution in [0, 0.1) is 5.92 Å². The van der Waals surface area contributed by atoms with Crippen LogP contribution in [0.4, 0.5) is 9.93 Å². The number of benzene rings is 2. The molecule has 0 bridgehead atoms. The van der Waals surface area contributed by atoms with Gasteiger partial charge in [0.1, 0.15) is 40.0 Å². The maximum Gasteiger partial charge on any atom is 0.407 e. The first kappa shape index (κ1) is 41.8. The van der Waals surface area contributed by atoms with E-state index in [2.05, 4.69) is 36.3 Å². The molecule has 2 aliphatic heterocycles. The number of hydrogen-bond acceptors (Lipinski definition) is 16. The van der Waals surface area contributed by atoms with Crippen molar-refractivity contribution in [1.82, 2.24) is 30.7 Å². The van der Waals surface area contributed by atoms with E-state index in [1.807, 2.05) is 60.7 Å². The van der Waals surface area contributed by atoms with Crippen molar-refractivity contribution < 1.29 is 38.3 Å². The summed E-state index contributed by atoms with van der Waals surface area (Å²) in [6.07, 6.45) is 0.169. The molecule has 2 aromatic heterocycles. The molecule has 2 fully saturated rings. The van der Waals surface area contributed by atoms with Crippen LogP contribution in [-0.2, 0) is 33.5 Å². The van der Waals surface area contributed by atoms with Gasteiger partial charge in [0.15, 0.2) is 21.3 Å². The molecule has 0 radical (unpaired) electrons. The molecule has 3 N–H and O–H groups in total. The maximum atomic E-state index is 14.4. The van der Waals surface area contributed by atoms with Crippen molar-refractivity contribution in [2.24, 2.45) is 11.1 Å². The first-order chi connectivity index (χ1) is 28.5. The van der Waals surface area contributed by atoms with Gasteiger partial charge >= 0.3 is 12.1 Å². The van der Waals surface area contributed by atoms with E-state index in [0.717, 1.165) is 35.3 Å². The first-order valence-corrected chi connectivity index (χ1v) is 22.3. The molecule has 1 aliphatic carbocycles. The van der Waals surface area contributed by atoms with Crippen LogP contribution < -0.4 is 16.0 Å². The molecule has 1 saturated carbocycles. The number of nitrogens with zero attached hydrogens (tertiary/aromatic N) is 5. The van der Waals surface area contributed by atoms with Crippen LogP contribution in [0.15, 0.2) is 92.3 Å². The van der Waals surface area contributed by atoms with Gasteiger partial charge < -0.3 is 30.3 Å². The number of ether oxygens (including phenoxy) is 2. The van der Waals surface area contributed by atoms with Crippen LogP contribution in [0.1, 0.15) is 56.5 Å². The number of carbonyl (C=O) groups is 5. The lowest BCUT2D eigenvalue weighted by Gasteiger charge is -2.49. The summed E-state index contributed by atoms with van der Waals surface area (Å²) >= 11 is 5.24. The minimum atomic E-state index is -1.05. The number of fused-ring (bicyclic) bond motifs is 1. The Morgan fingerprint density at radius 3 is 2.39 bits per heavy atom. The molecular weight excluding hydrogens is 837 g/mol. The highest BCUT2D eigenvalue weighted by molar-refractivity contribution is 8.01. The smallest absolute Gasteiger partial charge is 0.407 e. The fraction of sp³-hybridized carbons (Fsp3) is 0.359. The molecule has 7 rings (SSSR count). The summed E-state index contributed by atoms with van der Waals surface area (Å²) in [5.74, 6) is -1.17. The lowest BCUT2D eigenvalue weighted by atomic mass is 10.0. The molecular formula is C39H40N8O8S4. The van der Waals surface area contributed by atoms with Gasteiger partial charge in [-0.2, -0.15) is 0 Å². The van der Waals surface area contributed by atoms with Crippen LogP contribution >= 0.6 is 46.2 Å². The molecule has 59 heavy (non-hydrogen) atoms. The Morgan fingerprint density at radius 2 is 1.76 bits per heavy atom. The largest absolute Gasteiger partial charge is 0.448 e. The molecule has 2 aromatic carbocycles. The van der Waals surface area contributed by atoms with Gasteiger partial charge in [0, 0.05) is 22.8 Å². The van der Waals surface area contributed by atoms with Gasteiger partial charge in [0.2, 0.25) is 6.41 Å². The number of rotatable bonds is 17. The molecule has 3 aliphatic rings. The van der Waals surface area contributed by atoms with Crippen LogP contribution in [-0.4, -0.2) is 97.3 Å². The second kappa shape index (κ2) is 18.7. The number of thioether (sulfide) groups is 2. The monoisotopic (exact) mass is 876 g/mol. The molecule has 308 valence electrons. The van der Waals surface area contributed by atoms with E-state index in [1.54, 1.807) is 26.3 Å². The fourth-order valence-electron chi connectivity index (χ4n) is 6.19. The summed E-state index contributed by atoms with van der Waals surface area (Å²) in [5.41, 5.74) is 3.08. The van der Waals surface area contributed by atoms with E-state index in [-0.39, 0.29) is 34.7 Å². The summed E-state index contributed by atoms with van der Waals surface area (Å²) in [7, 11) is 0. The number of aromatic nitrogens is 3. The number of hydrogen-bond donors (Lipinski definition) is 3. The topological polar surface area (TPSA) is 203 Å². The zero-order chi connectivity index (χ0) is 41.5. The Balaban J connectivity index is 1.12. The Labute approximate surface area is 355 Å². The van der Waals surface area contributed by atoms with Gasteiger partial charge in [0.25, 0.3) is 11.8 Å². The van der Waals surface area contributed by atoms with E-state index in [1.165, 1.54) is 45.1 Å². The van der Waals surface area contributed by atoms with Gasteiger partial charge in [-0.15, -0.1) is 33.3 Å². The predicted molar refractivity (Wildman–Crippen MR) is 224 cm³/mol. The number of anilines is 1. The third-order valence-electron chi connectivity index (χ3n) is 9.08. The van der Waals surface area contributed by atoms with Crippen molar-refractivity contribution in [3.05, 3.63) is 99.6 Å². The molecule has 4 aromatic rings. The molecule has 1 saturated heterocycles. The summed E-state index contributed by atoms with van der Waals surface area (Å²) in [6.45, 7) is 5.34. The van der Waals surface area contributed by atoms with Gasteiger partial charge in [-0.1, -0.05) is 88.9 Å². The second-order valence-electron chi connectivity index (χ2n) is 14.5. The van der Waals surface area contributed by atoms with Crippen LogP contribution in [0.2, 0.25) is 0 Å². The van der Waals surface area contributed by atoms with E-state index in [0.29, 0.717) is 27.8 Å². The van der Waals surface area contributed by atoms with Crippen LogP contribution in [0.3, 0.4) is 0 Å². The summed E-state index contributed by atoms with van der Waals surface area (Å²) < 4.78 is 12.3. The second-order valence-corrected chi connectivity index (χ2v) is 18.5. The zero-order valence-electron chi connectivity index (χ0n) is 32.1. The highest BCUT2D eigenvalue weighted by Crippen LogP contribution is 2.43. The summed E-state index contributed by atoms with van der Waals surface area (Å²) in [5, 5.41) is 21.3. The molecule has 16 nitrogen and oxygen atoms in total. The van der Waals surface area contributed by atoms with Crippen molar-refractivity contribution >= 4 is 87.3 Å².